The molecule has 128 valence electrons. The highest BCUT2D eigenvalue weighted by molar-refractivity contribution is 5.77. The van der Waals surface area contributed by atoms with Crippen molar-refractivity contribution in [3.63, 3.8) is 0 Å². The molecule has 0 unspecified atom stereocenters. The summed E-state index contributed by atoms with van der Waals surface area (Å²) in [5.41, 5.74) is -0.210. The second kappa shape index (κ2) is 8.47. The van der Waals surface area contributed by atoms with Crippen molar-refractivity contribution in [2.45, 2.75) is 38.9 Å². The van der Waals surface area contributed by atoms with Crippen molar-refractivity contribution in [3.05, 3.63) is 35.6 Å². The average Bonchev–Trinajstić information content (AvgIpc) is 2.42. The van der Waals surface area contributed by atoms with Gasteiger partial charge in [0.2, 0.25) is 5.91 Å². The fourth-order valence-corrected chi connectivity index (χ4v) is 1.72. The van der Waals surface area contributed by atoms with Crippen molar-refractivity contribution in [1.29, 1.82) is 0 Å². The van der Waals surface area contributed by atoms with Gasteiger partial charge < -0.3 is 20.5 Å². The Morgan fingerprint density at radius 1 is 1.30 bits per heavy atom. The summed E-state index contributed by atoms with van der Waals surface area (Å²) in [5.74, 6) is -0.786. The van der Waals surface area contributed by atoms with Gasteiger partial charge in [-0.2, -0.15) is 0 Å². The van der Waals surface area contributed by atoms with Crippen LogP contribution in [0.1, 0.15) is 38.9 Å². The molecule has 1 rings (SSSR count). The number of ether oxygens (including phenoxy) is 1. The summed E-state index contributed by atoms with van der Waals surface area (Å²) in [6.07, 6.45) is -1.53. The minimum Gasteiger partial charge on any atom is -0.444 e. The van der Waals surface area contributed by atoms with Gasteiger partial charge in [-0.25, -0.2) is 9.18 Å². The number of amides is 2. The Kier molecular flexibility index (Phi) is 6.96. The largest absolute Gasteiger partial charge is 0.444 e. The van der Waals surface area contributed by atoms with E-state index in [1.807, 2.05) is 0 Å². The number of carbonyl (C=O) groups excluding carboxylic acids is 2. The minimum atomic E-state index is -0.992. The Labute approximate surface area is 135 Å². The molecule has 0 spiro atoms. The number of carbonyl (C=O) groups is 2. The van der Waals surface area contributed by atoms with Gasteiger partial charge in [0, 0.05) is 19.5 Å². The van der Waals surface area contributed by atoms with Crippen molar-refractivity contribution in [1.82, 2.24) is 10.6 Å². The number of rotatable bonds is 6. The van der Waals surface area contributed by atoms with Crippen molar-refractivity contribution in [3.8, 4) is 0 Å². The van der Waals surface area contributed by atoms with E-state index in [9.17, 15) is 19.1 Å². The van der Waals surface area contributed by atoms with Crippen molar-refractivity contribution in [2.24, 2.45) is 0 Å². The zero-order chi connectivity index (χ0) is 17.5. The topological polar surface area (TPSA) is 87.7 Å². The fraction of sp³-hybridized carbons (Fsp3) is 0.500. The van der Waals surface area contributed by atoms with E-state index in [2.05, 4.69) is 10.6 Å². The van der Waals surface area contributed by atoms with Crippen LogP contribution in [0.25, 0.3) is 0 Å². The maximum atomic E-state index is 13.0. The first-order valence-corrected chi connectivity index (χ1v) is 7.34. The highest BCUT2D eigenvalue weighted by Crippen LogP contribution is 2.12. The second-order valence-corrected chi connectivity index (χ2v) is 6.05. The van der Waals surface area contributed by atoms with Gasteiger partial charge in [-0.3, -0.25) is 4.79 Å². The lowest BCUT2D eigenvalue weighted by molar-refractivity contribution is -0.121. The van der Waals surface area contributed by atoms with Crippen molar-refractivity contribution < 1.29 is 23.8 Å². The summed E-state index contributed by atoms with van der Waals surface area (Å²) in [5, 5.41) is 14.8. The van der Waals surface area contributed by atoms with E-state index in [1.54, 1.807) is 26.8 Å². The molecule has 7 heteroatoms. The van der Waals surface area contributed by atoms with Crippen LogP contribution in [-0.2, 0) is 9.53 Å². The Balaban J connectivity index is 2.25. The van der Waals surface area contributed by atoms with Crippen LogP contribution in [0.5, 0.6) is 0 Å². The SMILES string of the molecule is CC(C)(C)OC(=O)NCCC(=O)NC[C@H](O)c1cccc(F)c1. The van der Waals surface area contributed by atoms with Crippen LogP contribution in [0.15, 0.2) is 24.3 Å². The number of aliphatic hydroxyl groups is 1. The molecule has 23 heavy (non-hydrogen) atoms. The van der Waals surface area contributed by atoms with Gasteiger partial charge in [0.25, 0.3) is 0 Å². The maximum Gasteiger partial charge on any atom is 0.407 e. The molecule has 0 heterocycles. The predicted molar refractivity (Wildman–Crippen MR) is 83.2 cm³/mol. The summed E-state index contributed by atoms with van der Waals surface area (Å²) < 4.78 is 18.1. The number of halogens is 1. The summed E-state index contributed by atoms with van der Waals surface area (Å²) >= 11 is 0. The lowest BCUT2D eigenvalue weighted by atomic mass is 10.1. The fourth-order valence-electron chi connectivity index (χ4n) is 1.72. The molecule has 0 bridgehead atoms. The van der Waals surface area contributed by atoms with Gasteiger partial charge in [0.15, 0.2) is 0 Å². The molecule has 2 amide bonds. The first-order valence-electron chi connectivity index (χ1n) is 7.34. The third-order valence-electron chi connectivity index (χ3n) is 2.75. The predicted octanol–water partition coefficient (Wildman–Crippen LogP) is 1.89. The Hall–Kier alpha value is -2.15. The summed E-state index contributed by atoms with van der Waals surface area (Å²) in [7, 11) is 0. The van der Waals surface area contributed by atoms with Gasteiger partial charge in [0.1, 0.15) is 11.4 Å². The van der Waals surface area contributed by atoms with Gasteiger partial charge in [-0.1, -0.05) is 12.1 Å². The monoisotopic (exact) mass is 326 g/mol. The second-order valence-electron chi connectivity index (χ2n) is 6.05. The molecule has 0 aliphatic heterocycles. The lowest BCUT2D eigenvalue weighted by Crippen LogP contribution is -2.35. The molecule has 0 fully saturated rings. The van der Waals surface area contributed by atoms with E-state index in [4.69, 9.17) is 4.74 Å². The molecular weight excluding hydrogens is 303 g/mol. The van der Waals surface area contributed by atoms with Crippen LogP contribution >= 0.6 is 0 Å². The molecule has 0 aromatic heterocycles. The number of alkyl carbamates (subject to hydrolysis) is 1. The Bertz CT molecular complexity index is 543. The first kappa shape index (κ1) is 18.9. The normalized spacial score (nSPS) is 12.4. The molecule has 3 N–H and O–H groups in total. The highest BCUT2D eigenvalue weighted by atomic mass is 19.1. The standard InChI is InChI=1S/C16H23FN2O4/c1-16(2,3)23-15(22)18-8-7-14(21)19-10-13(20)11-5-4-6-12(17)9-11/h4-6,9,13,20H,7-8,10H2,1-3H3,(H,18,22)(H,19,21)/t13-/m0/s1. The zero-order valence-electron chi connectivity index (χ0n) is 13.6. The van der Waals surface area contributed by atoms with E-state index in [0.29, 0.717) is 5.56 Å². The molecular formula is C16H23FN2O4. The third kappa shape index (κ3) is 8.15. The molecule has 0 saturated carbocycles. The molecule has 0 radical (unpaired) electrons. The molecule has 1 aromatic carbocycles. The molecule has 6 nitrogen and oxygen atoms in total. The number of benzene rings is 1. The van der Waals surface area contributed by atoms with Gasteiger partial charge in [0.05, 0.1) is 6.10 Å². The molecule has 0 aliphatic rings. The molecule has 1 aromatic rings. The van der Waals surface area contributed by atoms with Crippen LogP contribution in [0.4, 0.5) is 9.18 Å². The molecule has 0 aliphatic carbocycles. The van der Waals surface area contributed by atoms with Crippen molar-refractivity contribution >= 4 is 12.0 Å². The van der Waals surface area contributed by atoms with Gasteiger partial charge in [-0.15, -0.1) is 0 Å². The van der Waals surface area contributed by atoms with Crippen LogP contribution in [0, 0.1) is 5.82 Å². The van der Waals surface area contributed by atoms with Gasteiger partial charge in [-0.05, 0) is 38.5 Å². The van der Waals surface area contributed by atoms with E-state index in [0.717, 1.165) is 0 Å². The van der Waals surface area contributed by atoms with Crippen LogP contribution in [0.3, 0.4) is 0 Å². The number of aliphatic hydroxyl groups excluding tert-OH is 1. The highest BCUT2D eigenvalue weighted by Gasteiger charge is 2.16. The molecule has 0 saturated heterocycles. The van der Waals surface area contributed by atoms with E-state index in [-0.39, 0.29) is 25.4 Å². The zero-order valence-corrected chi connectivity index (χ0v) is 13.6. The van der Waals surface area contributed by atoms with Crippen LogP contribution in [0.2, 0.25) is 0 Å². The quantitative estimate of drug-likeness (QED) is 0.745. The Morgan fingerprint density at radius 3 is 2.61 bits per heavy atom. The summed E-state index contributed by atoms with van der Waals surface area (Å²) in [6, 6.07) is 5.54. The molecule has 1 atom stereocenters. The van der Waals surface area contributed by atoms with Gasteiger partial charge >= 0.3 is 6.09 Å². The minimum absolute atomic E-state index is 0.0330. The van der Waals surface area contributed by atoms with E-state index < -0.39 is 23.6 Å². The number of nitrogens with one attached hydrogen (secondary N) is 2. The summed E-state index contributed by atoms with van der Waals surface area (Å²) in [6.45, 7) is 5.32. The number of hydrogen-bond acceptors (Lipinski definition) is 4. The van der Waals surface area contributed by atoms with E-state index in [1.165, 1.54) is 18.2 Å². The van der Waals surface area contributed by atoms with Crippen LogP contribution < -0.4 is 10.6 Å². The number of hydrogen-bond donors (Lipinski definition) is 3. The summed E-state index contributed by atoms with van der Waals surface area (Å²) in [4.78, 5) is 23.0. The van der Waals surface area contributed by atoms with Crippen molar-refractivity contribution in [2.75, 3.05) is 13.1 Å². The maximum absolute atomic E-state index is 13.0. The smallest absolute Gasteiger partial charge is 0.407 e. The Morgan fingerprint density at radius 2 is 2.00 bits per heavy atom. The third-order valence-corrected chi connectivity index (χ3v) is 2.75. The first-order chi connectivity index (χ1) is 10.7. The van der Waals surface area contributed by atoms with E-state index >= 15 is 0 Å². The lowest BCUT2D eigenvalue weighted by Gasteiger charge is -2.19. The average molecular weight is 326 g/mol. The van der Waals surface area contributed by atoms with Crippen LogP contribution in [-0.4, -0.2) is 35.8 Å².